The Balaban J connectivity index is 2.83. The van der Waals surface area contributed by atoms with Crippen molar-refractivity contribution in [3.05, 3.63) is 0 Å². The predicted molar refractivity (Wildman–Crippen MR) is 55.3 cm³/mol. The Labute approximate surface area is 97.5 Å². The van der Waals surface area contributed by atoms with Gasteiger partial charge in [0.25, 0.3) is 0 Å². The summed E-state index contributed by atoms with van der Waals surface area (Å²) < 4.78 is 60.3. The quantitative estimate of drug-likeness (QED) is 0.811. The lowest BCUT2D eigenvalue weighted by Crippen LogP contribution is -2.47. The van der Waals surface area contributed by atoms with Crippen molar-refractivity contribution in [2.45, 2.75) is 19.0 Å². The smallest absolute Gasteiger partial charge is 0.315 e. The van der Waals surface area contributed by atoms with E-state index in [9.17, 15) is 26.4 Å². The second-order valence-corrected chi connectivity index (χ2v) is 6.57. The molecule has 1 aliphatic heterocycles. The van der Waals surface area contributed by atoms with Gasteiger partial charge in [0.15, 0.2) is 0 Å². The molecule has 0 spiro atoms. The lowest BCUT2D eigenvalue weighted by atomic mass is 9.80. The van der Waals surface area contributed by atoms with E-state index in [0.29, 0.717) is 0 Å². The third-order valence-electron chi connectivity index (χ3n) is 2.93. The van der Waals surface area contributed by atoms with E-state index in [2.05, 4.69) is 5.32 Å². The Bertz CT molecular complexity index is 396. The molecule has 0 amide bonds. The number of carbonyl (C=O) groups is 1. The van der Waals surface area contributed by atoms with Gasteiger partial charge < -0.3 is 5.32 Å². The summed E-state index contributed by atoms with van der Waals surface area (Å²) in [5.74, 6) is -1.58. The van der Waals surface area contributed by atoms with Crippen molar-refractivity contribution >= 4 is 15.6 Å². The molecule has 8 heteroatoms. The van der Waals surface area contributed by atoms with Gasteiger partial charge in [0, 0.05) is 19.2 Å². The number of nitrogens with one attached hydrogen (secondary N) is 1. The molecule has 1 rings (SSSR count). The zero-order valence-electron chi connectivity index (χ0n) is 9.30. The minimum Gasteiger partial charge on any atom is -0.315 e. The molecular weight excluding hydrogens is 259 g/mol. The number of ketones is 1. The number of sulfone groups is 1. The van der Waals surface area contributed by atoms with Crippen molar-refractivity contribution in [3.63, 3.8) is 0 Å². The Morgan fingerprint density at radius 1 is 1.41 bits per heavy atom. The largest absolute Gasteiger partial charge is 0.402 e. The van der Waals surface area contributed by atoms with Crippen LogP contribution in [0.5, 0.6) is 0 Å². The second kappa shape index (κ2) is 4.56. The van der Waals surface area contributed by atoms with E-state index in [4.69, 9.17) is 0 Å². The maximum atomic E-state index is 12.9. The molecular formula is C9H14F3NO3S. The Kier molecular flexibility index (Phi) is 3.87. The van der Waals surface area contributed by atoms with Gasteiger partial charge in [0.1, 0.15) is 21.0 Å². The third kappa shape index (κ3) is 3.19. The number of alkyl halides is 3. The molecule has 1 atom stereocenters. The Hall–Kier alpha value is -0.630. The van der Waals surface area contributed by atoms with Gasteiger partial charge in [-0.1, -0.05) is 0 Å². The van der Waals surface area contributed by atoms with Crippen LogP contribution in [-0.2, 0) is 14.6 Å². The fraction of sp³-hybridized carbons (Fsp3) is 0.889. The van der Waals surface area contributed by atoms with Gasteiger partial charge in [-0.2, -0.15) is 13.2 Å². The predicted octanol–water partition coefficient (Wildman–Crippen LogP) is 0.532. The molecule has 1 fully saturated rings. The molecule has 0 aliphatic carbocycles. The van der Waals surface area contributed by atoms with E-state index in [0.717, 1.165) is 6.26 Å². The zero-order valence-corrected chi connectivity index (χ0v) is 10.1. The maximum absolute atomic E-state index is 12.9. The van der Waals surface area contributed by atoms with Crippen LogP contribution in [0.25, 0.3) is 0 Å². The van der Waals surface area contributed by atoms with Crippen LogP contribution in [0.4, 0.5) is 13.2 Å². The van der Waals surface area contributed by atoms with Gasteiger partial charge in [-0.25, -0.2) is 8.42 Å². The van der Waals surface area contributed by atoms with Crippen molar-refractivity contribution in [2.24, 2.45) is 5.41 Å². The minimum atomic E-state index is -4.63. The van der Waals surface area contributed by atoms with Crippen molar-refractivity contribution in [1.82, 2.24) is 5.32 Å². The third-order valence-corrected chi connectivity index (χ3v) is 3.88. The van der Waals surface area contributed by atoms with Crippen LogP contribution in [0, 0.1) is 5.41 Å². The van der Waals surface area contributed by atoms with Crippen molar-refractivity contribution in [2.75, 3.05) is 25.1 Å². The van der Waals surface area contributed by atoms with Gasteiger partial charge in [-0.15, -0.1) is 0 Å². The molecule has 0 saturated carbocycles. The van der Waals surface area contributed by atoms with Crippen LogP contribution < -0.4 is 5.32 Å². The van der Waals surface area contributed by atoms with E-state index in [1.807, 2.05) is 0 Å². The number of carbonyl (C=O) groups excluding carboxylic acids is 1. The molecule has 0 aromatic heterocycles. The number of Topliss-reactive ketones (excluding diaryl/α,β-unsaturated/α-hetero) is 1. The van der Waals surface area contributed by atoms with Gasteiger partial charge in [-0.3, -0.25) is 4.79 Å². The van der Waals surface area contributed by atoms with E-state index >= 15 is 0 Å². The molecule has 0 radical (unpaired) electrons. The van der Waals surface area contributed by atoms with Crippen molar-refractivity contribution < 1.29 is 26.4 Å². The highest BCUT2D eigenvalue weighted by atomic mass is 32.2. The van der Waals surface area contributed by atoms with Gasteiger partial charge >= 0.3 is 6.18 Å². The fourth-order valence-electron chi connectivity index (χ4n) is 1.85. The summed E-state index contributed by atoms with van der Waals surface area (Å²) in [6.45, 7) is -0.344. The second-order valence-electron chi connectivity index (χ2n) is 4.31. The Morgan fingerprint density at radius 2 is 2.00 bits per heavy atom. The molecule has 1 saturated heterocycles. The van der Waals surface area contributed by atoms with Crippen molar-refractivity contribution in [1.29, 1.82) is 0 Å². The molecule has 0 bridgehead atoms. The number of hydrogen-bond donors (Lipinski definition) is 1. The van der Waals surface area contributed by atoms with Crippen LogP contribution in [0.2, 0.25) is 0 Å². The molecule has 1 N–H and O–H groups in total. The van der Waals surface area contributed by atoms with Crippen LogP contribution in [0.3, 0.4) is 0 Å². The molecule has 0 aromatic carbocycles. The summed E-state index contributed by atoms with van der Waals surface area (Å²) in [6, 6.07) is 0. The molecule has 0 aromatic rings. The summed E-state index contributed by atoms with van der Waals surface area (Å²) >= 11 is 0. The fourth-order valence-corrected chi connectivity index (χ4v) is 2.40. The highest BCUT2D eigenvalue weighted by molar-refractivity contribution is 7.90. The first-order valence-corrected chi connectivity index (χ1v) is 7.13. The summed E-state index contributed by atoms with van der Waals surface area (Å²) in [5.41, 5.74) is -2.41. The van der Waals surface area contributed by atoms with E-state index in [-0.39, 0.29) is 13.0 Å². The lowest BCUT2D eigenvalue weighted by Gasteiger charge is -2.29. The van der Waals surface area contributed by atoms with Crippen LogP contribution in [0.15, 0.2) is 0 Å². The van der Waals surface area contributed by atoms with E-state index in [1.165, 1.54) is 0 Å². The first-order chi connectivity index (χ1) is 7.58. The first kappa shape index (κ1) is 14.4. The van der Waals surface area contributed by atoms with Crippen molar-refractivity contribution in [3.8, 4) is 0 Å². The molecule has 1 aliphatic rings. The minimum absolute atomic E-state index is 0.115. The van der Waals surface area contributed by atoms with Crippen LogP contribution in [0.1, 0.15) is 12.8 Å². The standard InChI is InChI=1S/C9H14F3NO3S/c1-17(15,16)5-2-7(14)8(9(10,11)12)3-4-13-6-8/h13H,2-6H2,1H3. The Morgan fingerprint density at radius 3 is 2.35 bits per heavy atom. The van der Waals surface area contributed by atoms with Gasteiger partial charge in [0.05, 0.1) is 5.75 Å². The van der Waals surface area contributed by atoms with Crippen LogP contribution in [-0.4, -0.2) is 45.5 Å². The van der Waals surface area contributed by atoms with E-state index in [1.54, 1.807) is 0 Å². The van der Waals surface area contributed by atoms with Gasteiger partial charge in [0.2, 0.25) is 0 Å². The molecule has 1 heterocycles. The SMILES string of the molecule is CS(=O)(=O)CCC(=O)C1(C(F)(F)F)CCNC1. The molecule has 4 nitrogen and oxygen atoms in total. The topological polar surface area (TPSA) is 63.2 Å². The average molecular weight is 273 g/mol. The first-order valence-electron chi connectivity index (χ1n) is 5.07. The monoisotopic (exact) mass is 273 g/mol. The number of halogens is 3. The normalized spacial score (nSPS) is 26.1. The summed E-state index contributed by atoms with van der Waals surface area (Å²) in [6.07, 6.45) is -4.64. The molecule has 1 unspecified atom stereocenters. The number of rotatable bonds is 4. The maximum Gasteiger partial charge on any atom is 0.402 e. The molecule has 100 valence electrons. The lowest BCUT2D eigenvalue weighted by molar-refractivity contribution is -0.214. The average Bonchev–Trinajstić information content (AvgIpc) is 2.61. The zero-order chi connectivity index (χ0) is 13.3. The summed E-state index contributed by atoms with van der Waals surface area (Å²) in [4.78, 5) is 11.6. The highest BCUT2D eigenvalue weighted by Gasteiger charge is 2.60. The summed E-state index contributed by atoms with van der Waals surface area (Å²) in [5, 5.41) is 2.51. The van der Waals surface area contributed by atoms with E-state index < -0.39 is 45.9 Å². The molecule has 17 heavy (non-hydrogen) atoms. The highest BCUT2D eigenvalue weighted by Crippen LogP contribution is 2.44. The summed E-state index contributed by atoms with van der Waals surface area (Å²) in [7, 11) is -3.43. The van der Waals surface area contributed by atoms with Gasteiger partial charge in [-0.05, 0) is 13.0 Å². The van der Waals surface area contributed by atoms with Crippen LogP contribution >= 0.6 is 0 Å². The number of hydrogen-bond acceptors (Lipinski definition) is 4.